The van der Waals surface area contributed by atoms with Crippen LogP contribution in [0.4, 0.5) is 0 Å². The van der Waals surface area contributed by atoms with Gasteiger partial charge in [-0.25, -0.2) is 0 Å². The zero-order chi connectivity index (χ0) is 15.7. The molecule has 0 aliphatic heterocycles. The van der Waals surface area contributed by atoms with Crippen molar-refractivity contribution in [1.29, 1.82) is 0 Å². The Morgan fingerprint density at radius 3 is 1.83 bits per heavy atom. The number of hydrogen-bond acceptors (Lipinski definition) is 1. The molecule has 0 fully saturated rings. The Morgan fingerprint density at radius 1 is 0.913 bits per heavy atom. The maximum absolute atomic E-state index is 6.42. The molecule has 0 radical (unpaired) electrons. The molecule has 0 saturated carbocycles. The molecule has 0 unspecified atom stereocenters. The largest absolute Gasteiger partial charge is 0.107 e. The summed E-state index contributed by atoms with van der Waals surface area (Å²) in [5.41, 5.74) is 2.85. The second-order valence-corrected chi connectivity index (χ2v) is 9.35. The van der Waals surface area contributed by atoms with Crippen molar-refractivity contribution in [3.63, 3.8) is 0 Å². The van der Waals surface area contributed by atoms with Gasteiger partial charge in [-0.05, 0) is 0 Å². The zero-order valence-corrected chi connectivity index (χ0v) is 21.1. The third-order valence-corrected chi connectivity index (χ3v) is 5.15. The van der Waals surface area contributed by atoms with Crippen LogP contribution < -0.4 is 3.32 Å². The SMILES string of the molecule is CC(C)(C)c1cccc(C(C)(C)C)c1[O][Ti][C]1=CC=CC1.I.I. The number of halogens is 2. The van der Waals surface area contributed by atoms with Crippen LogP contribution in [-0.4, -0.2) is 0 Å². The molecule has 1 aliphatic rings. The molecule has 1 aromatic rings. The van der Waals surface area contributed by atoms with Gasteiger partial charge in [0.05, 0.1) is 0 Å². The van der Waals surface area contributed by atoms with Gasteiger partial charge in [0.1, 0.15) is 0 Å². The van der Waals surface area contributed by atoms with Crippen LogP contribution >= 0.6 is 48.0 Å². The maximum Gasteiger partial charge on any atom is -0.107 e. The Morgan fingerprint density at radius 2 is 1.43 bits per heavy atom. The summed E-state index contributed by atoms with van der Waals surface area (Å²) in [7, 11) is 0. The minimum Gasteiger partial charge on any atom is -0.107 e. The van der Waals surface area contributed by atoms with Crippen LogP contribution in [0.15, 0.2) is 40.3 Å². The second-order valence-electron chi connectivity index (χ2n) is 7.71. The summed E-state index contributed by atoms with van der Waals surface area (Å²) >= 11 is -0.535. The van der Waals surface area contributed by atoms with Gasteiger partial charge in [-0.2, -0.15) is 0 Å². The minimum absolute atomic E-state index is 0. The van der Waals surface area contributed by atoms with Gasteiger partial charge in [-0.3, -0.25) is 0 Å². The van der Waals surface area contributed by atoms with Gasteiger partial charge >= 0.3 is 139 Å². The van der Waals surface area contributed by atoms with Crippen molar-refractivity contribution >= 4 is 48.0 Å². The normalized spacial score (nSPS) is 13.7. The summed E-state index contributed by atoms with van der Waals surface area (Å²) in [4.78, 5) is 0. The van der Waals surface area contributed by atoms with Gasteiger partial charge < -0.3 is 0 Å². The molecule has 0 N–H and O–H groups in total. The maximum atomic E-state index is 6.42. The number of hydrogen-bond donors (Lipinski definition) is 0. The molecule has 4 heteroatoms. The van der Waals surface area contributed by atoms with E-state index in [2.05, 4.69) is 78.0 Å². The molecule has 0 saturated heterocycles. The van der Waals surface area contributed by atoms with E-state index in [1.165, 1.54) is 15.0 Å². The molecule has 0 heterocycles. The summed E-state index contributed by atoms with van der Waals surface area (Å²) in [6.45, 7) is 13.6. The Hall–Kier alpha value is 0.674. The summed E-state index contributed by atoms with van der Waals surface area (Å²) in [5, 5.41) is 0. The summed E-state index contributed by atoms with van der Waals surface area (Å²) in [6.07, 6.45) is 7.64. The van der Waals surface area contributed by atoms with E-state index < -0.39 is 19.5 Å². The van der Waals surface area contributed by atoms with Gasteiger partial charge in [0.15, 0.2) is 0 Å². The van der Waals surface area contributed by atoms with Crippen molar-refractivity contribution < 1.29 is 22.9 Å². The smallest absolute Gasteiger partial charge is 0.107 e. The van der Waals surface area contributed by atoms with Gasteiger partial charge in [-0.1, -0.05) is 0 Å². The van der Waals surface area contributed by atoms with Crippen LogP contribution in [-0.2, 0) is 30.4 Å². The topological polar surface area (TPSA) is 9.23 Å². The number of para-hydroxylation sites is 1. The minimum atomic E-state index is -0.535. The molecule has 128 valence electrons. The van der Waals surface area contributed by atoms with E-state index in [4.69, 9.17) is 3.32 Å². The van der Waals surface area contributed by atoms with Crippen LogP contribution in [0.2, 0.25) is 0 Å². The average molecular weight is 574 g/mol. The van der Waals surface area contributed by atoms with Gasteiger partial charge in [0.25, 0.3) is 0 Å². The Labute approximate surface area is 185 Å². The molecule has 0 aromatic heterocycles. The molecule has 0 bridgehead atoms. The fraction of sp³-hybridized carbons (Fsp3) is 0.474. The van der Waals surface area contributed by atoms with Crippen LogP contribution in [0.1, 0.15) is 59.1 Å². The molecular weight excluding hydrogens is 546 g/mol. The Kier molecular flexibility index (Phi) is 9.67. The summed E-state index contributed by atoms with van der Waals surface area (Å²) in [6, 6.07) is 6.61. The van der Waals surface area contributed by atoms with Crippen molar-refractivity contribution in [2.45, 2.75) is 58.8 Å². The quantitative estimate of drug-likeness (QED) is 0.287. The van der Waals surface area contributed by atoms with Crippen molar-refractivity contribution in [2.24, 2.45) is 0 Å². The molecule has 23 heavy (non-hydrogen) atoms. The van der Waals surface area contributed by atoms with E-state index >= 15 is 0 Å². The summed E-state index contributed by atoms with van der Waals surface area (Å²) < 4.78 is 7.89. The van der Waals surface area contributed by atoms with Crippen molar-refractivity contribution in [3.05, 3.63) is 51.4 Å². The predicted octanol–water partition coefficient (Wildman–Crippen LogP) is 6.74. The first-order chi connectivity index (χ1) is 9.69. The molecular formula is C19H28I2OTi. The summed E-state index contributed by atoms with van der Waals surface area (Å²) in [5.74, 6) is 1.13. The van der Waals surface area contributed by atoms with Crippen molar-refractivity contribution in [1.82, 2.24) is 0 Å². The monoisotopic (exact) mass is 574 g/mol. The predicted molar refractivity (Wildman–Crippen MR) is 117 cm³/mol. The first-order valence-corrected chi connectivity index (χ1v) is 9.04. The molecule has 0 atom stereocenters. The Bertz CT molecular complexity index is 546. The third kappa shape index (κ3) is 6.48. The van der Waals surface area contributed by atoms with E-state index in [0.29, 0.717) is 0 Å². The van der Waals surface area contributed by atoms with Gasteiger partial charge in [0, 0.05) is 0 Å². The Balaban J connectivity index is 0.00000242. The van der Waals surface area contributed by atoms with Crippen LogP contribution in [0.3, 0.4) is 0 Å². The average Bonchev–Trinajstić information content (AvgIpc) is 2.86. The van der Waals surface area contributed by atoms with Gasteiger partial charge in [-0.15, -0.1) is 48.0 Å². The van der Waals surface area contributed by atoms with Gasteiger partial charge in [0.2, 0.25) is 0 Å². The van der Waals surface area contributed by atoms with Crippen molar-refractivity contribution in [2.75, 3.05) is 0 Å². The molecule has 0 amide bonds. The standard InChI is InChI=1S/C14H22O.C5H5.2HI.Ti/c1-13(2,3)10-8-7-9-11(12(10)15)14(4,5)6;1-2-4-5-3-1;;;/h7-9,15H,1-6H3;1-3H,4H2;2*1H;/q;;;;+1/p-1. The molecule has 0 spiro atoms. The van der Waals surface area contributed by atoms with Crippen LogP contribution in [0, 0.1) is 0 Å². The van der Waals surface area contributed by atoms with E-state index in [1.54, 1.807) is 0 Å². The number of rotatable bonds is 3. The fourth-order valence-corrected chi connectivity index (χ4v) is 3.75. The number of allylic oxidation sites excluding steroid dienone is 4. The fourth-order valence-electron chi connectivity index (χ4n) is 2.47. The number of benzene rings is 1. The molecule has 1 aliphatic carbocycles. The zero-order valence-electron chi connectivity index (χ0n) is 14.9. The molecule has 2 rings (SSSR count). The van der Waals surface area contributed by atoms with Crippen molar-refractivity contribution in [3.8, 4) is 5.75 Å². The van der Waals surface area contributed by atoms with Crippen LogP contribution in [0.25, 0.3) is 0 Å². The second kappa shape index (κ2) is 9.39. The first-order valence-electron chi connectivity index (χ1n) is 7.62. The van der Waals surface area contributed by atoms with E-state index in [1.807, 2.05) is 0 Å². The third-order valence-electron chi connectivity index (χ3n) is 3.69. The molecule has 1 aromatic carbocycles. The first kappa shape index (κ1) is 23.7. The van der Waals surface area contributed by atoms with E-state index in [-0.39, 0.29) is 58.8 Å². The molecule has 1 nitrogen and oxygen atoms in total. The van der Waals surface area contributed by atoms with E-state index in [0.717, 1.165) is 12.2 Å². The van der Waals surface area contributed by atoms with E-state index in [9.17, 15) is 0 Å². The van der Waals surface area contributed by atoms with Crippen LogP contribution in [0.5, 0.6) is 5.75 Å².